The first kappa shape index (κ1) is 13.0. The summed E-state index contributed by atoms with van der Waals surface area (Å²) < 4.78 is 0. The van der Waals surface area contributed by atoms with Crippen molar-refractivity contribution in [1.82, 2.24) is 10.2 Å². The molecule has 90 valence electrons. The minimum atomic E-state index is 0.684. The largest absolute Gasteiger partial charge is 0.312 e. The second-order valence-corrected chi connectivity index (χ2v) is 4.98. The van der Waals surface area contributed by atoms with E-state index in [1.54, 1.807) is 0 Å². The van der Waals surface area contributed by atoms with Gasteiger partial charge in [0.15, 0.2) is 0 Å². The Morgan fingerprint density at radius 1 is 1.27 bits per heavy atom. The van der Waals surface area contributed by atoms with Gasteiger partial charge in [0.25, 0.3) is 0 Å². The molecule has 0 aliphatic heterocycles. The van der Waals surface area contributed by atoms with Gasteiger partial charge in [-0.25, -0.2) is 0 Å². The molecule has 2 heteroatoms. The molecule has 0 aromatic carbocycles. The monoisotopic (exact) mass is 212 g/mol. The number of nitrogens with one attached hydrogen (secondary N) is 1. The standard InChI is InChI=1S/C13H28N2/c1-5-10-14-12-8-7-9-13(12)15(6-2)11(3)4/h11-14H,5-10H2,1-4H3. The van der Waals surface area contributed by atoms with Crippen molar-refractivity contribution in [3.8, 4) is 0 Å². The molecule has 0 heterocycles. The Morgan fingerprint density at radius 3 is 2.53 bits per heavy atom. The molecule has 0 aromatic rings. The minimum absolute atomic E-state index is 0.684. The third kappa shape index (κ3) is 3.46. The molecule has 1 N–H and O–H groups in total. The van der Waals surface area contributed by atoms with E-state index in [4.69, 9.17) is 0 Å². The van der Waals surface area contributed by atoms with Crippen LogP contribution in [-0.4, -0.2) is 36.1 Å². The molecule has 15 heavy (non-hydrogen) atoms. The highest BCUT2D eigenvalue weighted by Gasteiger charge is 2.31. The molecule has 2 nitrogen and oxygen atoms in total. The molecule has 0 bridgehead atoms. The smallest absolute Gasteiger partial charge is 0.0251 e. The van der Waals surface area contributed by atoms with Gasteiger partial charge in [-0.15, -0.1) is 0 Å². The summed E-state index contributed by atoms with van der Waals surface area (Å²) in [4.78, 5) is 2.65. The van der Waals surface area contributed by atoms with Crippen LogP contribution >= 0.6 is 0 Å². The van der Waals surface area contributed by atoms with Crippen LogP contribution in [0.3, 0.4) is 0 Å². The van der Waals surface area contributed by atoms with E-state index in [2.05, 4.69) is 37.9 Å². The van der Waals surface area contributed by atoms with E-state index in [0.29, 0.717) is 6.04 Å². The van der Waals surface area contributed by atoms with Crippen LogP contribution in [0, 0.1) is 0 Å². The molecule has 2 unspecified atom stereocenters. The Morgan fingerprint density at radius 2 is 2.00 bits per heavy atom. The summed E-state index contributed by atoms with van der Waals surface area (Å²) in [5.41, 5.74) is 0. The van der Waals surface area contributed by atoms with Crippen LogP contribution in [0.25, 0.3) is 0 Å². The Labute approximate surface area is 95.4 Å². The van der Waals surface area contributed by atoms with Gasteiger partial charge in [-0.2, -0.15) is 0 Å². The van der Waals surface area contributed by atoms with Crippen molar-refractivity contribution in [1.29, 1.82) is 0 Å². The van der Waals surface area contributed by atoms with Crippen LogP contribution in [0.4, 0.5) is 0 Å². The van der Waals surface area contributed by atoms with Gasteiger partial charge in [0.05, 0.1) is 0 Å². The van der Waals surface area contributed by atoms with Crippen molar-refractivity contribution in [3.05, 3.63) is 0 Å². The maximum Gasteiger partial charge on any atom is 0.0251 e. The zero-order valence-corrected chi connectivity index (χ0v) is 10.9. The van der Waals surface area contributed by atoms with Gasteiger partial charge in [0.2, 0.25) is 0 Å². The van der Waals surface area contributed by atoms with E-state index in [0.717, 1.165) is 12.1 Å². The topological polar surface area (TPSA) is 15.3 Å². The molecule has 0 radical (unpaired) electrons. The van der Waals surface area contributed by atoms with Crippen LogP contribution in [0.2, 0.25) is 0 Å². The third-order valence-electron chi connectivity index (χ3n) is 3.59. The molecule has 1 fully saturated rings. The lowest BCUT2D eigenvalue weighted by molar-refractivity contribution is 0.142. The highest BCUT2D eigenvalue weighted by molar-refractivity contribution is 4.91. The van der Waals surface area contributed by atoms with E-state index in [1.165, 1.54) is 38.8 Å². The second kappa shape index (κ2) is 6.49. The highest BCUT2D eigenvalue weighted by atomic mass is 15.2. The number of rotatable bonds is 6. The predicted molar refractivity (Wildman–Crippen MR) is 67.2 cm³/mol. The van der Waals surface area contributed by atoms with Crippen molar-refractivity contribution in [2.24, 2.45) is 0 Å². The average molecular weight is 212 g/mol. The van der Waals surface area contributed by atoms with Gasteiger partial charge in [-0.05, 0) is 46.2 Å². The zero-order chi connectivity index (χ0) is 11.3. The van der Waals surface area contributed by atoms with E-state index >= 15 is 0 Å². The maximum atomic E-state index is 3.71. The van der Waals surface area contributed by atoms with E-state index in [1.807, 2.05) is 0 Å². The molecule has 0 spiro atoms. The van der Waals surface area contributed by atoms with Gasteiger partial charge in [0, 0.05) is 18.1 Å². The van der Waals surface area contributed by atoms with E-state index in [9.17, 15) is 0 Å². The zero-order valence-electron chi connectivity index (χ0n) is 10.9. The lowest BCUT2D eigenvalue weighted by atomic mass is 10.1. The highest BCUT2D eigenvalue weighted by Crippen LogP contribution is 2.25. The number of hydrogen-bond donors (Lipinski definition) is 1. The van der Waals surface area contributed by atoms with Crippen molar-refractivity contribution < 1.29 is 0 Å². The van der Waals surface area contributed by atoms with Gasteiger partial charge < -0.3 is 5.32 Å². The Bertz CT molecular complexity index is 168. The van der Waals surface area contributed by atoms with Crippen molar-refractivity contribution >= 4 is 0 Å². The Balaban J connectivity index is 2.50. The molecule has 0 saturated heterocycles. The summed E-state index contributed by atoms with van der Waals surface area (Å²) in [7, 11) is 0. The number of likely N-dealkylation sites (N-methyl/N-ethyl adjacent to an activating group) is 1. The molecule has 1 saturated carbocycles. The lowest BCUT2D eigenvalue weighted by Crippen LogP contribution is -2.49. The summed E-state index contributed by atoms with van der Waals surface area (Å²) in [6.45, 7) is 11.5. The van der Waals surface area contributed by atoms with Crippen LogP contribution < -0.4 is 5.32 Å². The third-order valence-corrected chi connectivity index (χ3v) is 3.59. The van der Waals surface area contributed by atoms with E-state index < -0.39 is 0 Å². The fourth-order valence-corrected chi connectivity index (χ4v) is 2.89. The summed E-state index contributed by atoms with van der Waals surface area (Å²) in [6, 6.07) is 2.21. The first-order valence-corrected chi connectivity index (χ1v) is 6.69. The molecular weight excluding hydrogens is 184 g/mol. The Kier molecular flexibility index (Phi) is 5.62. The maximum absolute atomic E-state index is 3.71. The lowest BCUT2D eigenvalue weighted by Gasteiger charge is -2.35. The van der Waals surface area contributed by atoms with Gasteiger partial charge in [-0.3, -0.25) is 4.90 Å². The van der Waals surface area contributed by atoms with Crippen LogP contribution in [0.1, 0.15) is 53.4 Å². The van der Waals surface area contributed by atoms with Crippen LogP contribution in [0.5, 0.6) is 0 Å². The normalized spacial score (nSPS) is 26.8. The summed E-state index contributed by atoms with van der Waals surface area (Å²) in [6.07, 6.45) is 5.40. The quantitative estimate of drug-likeness (QED) is 0.728. The molecule has 1 rings (SSSR count). The SMILES string of the molecule is CCCNC1CCCC1N(CC)C(C)C. The number of nitrogens with zero attached hydrogens (tertiary/aromatic N) is 1. The predicted octanol–water partition coefficient (Wildman–Crippen LogP) is 2.64. The summed E-state index contributed by atoms with van der Waals surface area (Å²) in [5, 5.41) is 3.71. The van der Waals surface area contributed by atoms with Gasteiger partial charge in [-0.1, -0.05) is 20.3 Å². The molecule has 1 aliphatic carbocycles. The molecule has 2 atom stereocenters. The van der Waals surface area contributed by atoms with Crippen molar-refractivity contribution in [2.45, 2.75) is 71.5 Å². The van der Waals surface area contributed by atoms with Crippen LogP contribution in [-0.2, 0) is 0 Å². The molecule has 1 aliphatic rings. The van der Waals surface area contributed by atoms with Crippen molar-refractivity contribution in [2.75, 3.05) is 13.1 Å². The number of hydrogen-bond acceptors (Lipinski definition) is 2. The van der Waals surface area contributed by atoms with Gasteiger partial charge in [0.1, 0.15) is 0 Å². The first-order chi connectivity index (χ1) is 7.20. The fraction of sp³-hybridized carbons (Fsp3) is 1.00. The van der Waals surface area contributed by atoms with E-state index in [-0.39, 0.29) is 0 Å². The Hall–Kier alpha value is -0.0800. The first-order valence-electron chi connectivity index (χ1n) is 6.69. The summed E-state index contributed by atoms with van der Waals surface area (Å²) in [5.74, 6) is 0. The molecular formula is C13H28N2. The molecule has 0 amide bonds. The van der Waals surface area contributed by atoms with Gasteiger partial charge >= 0.3 is 0 Å². The minimum Gasteiger partial charge on any atom is -0.312 e. The summed E-state index contributed by atoms with van der Waals surface area (Å²) >= 11 is 0. The molecule has 0 aromatic heterocycles. The second-order valence-electron chi connectivity index (χ2n) is 4.98. The average Bonchev–Trinajstić information content (AvgIpc) is 2.64. The van der Waals surface area contributed by atoms with Crippen LogP contribution in [0.15, 0.2) is 0 Å². The fourth-order valence-electron chi connectivity index (χ4n) is 2.89. The van der Waals surface area contributed by atoms with Crippen molar-refractivity contribution in [3.63, 3.8) is 0 Å².